The van der Waals surface area contributed by atoms with E-state index in [-0.39, 0.29) is 17.7 Å². The van der Waals surface area contributed by atoms with Crippen LogP contribution in [0.5, 0.6) is 0 Å². The van der Waals surface area contributed by atoms with Gasteiger partial charge in [0, 0.05) is 6.20 Å². The first kappa shape index (κ1) is 9.79. The lowest BCUT2D eigenvalue weighted by Crippen LogP contribution is -1.99. The van der Waals surface area contributed by atoms with Crippen LogP contribution in [-0.4, -0.2) is 26.8 Å². The van der Waals surface area contributed by atoms with Crippen molar-refractivity contribution in [3.05, 3.63) is 30.3 Å². The van der Waals surface area contributed by atoms with E-state index >= 15 is 0 Å². The summed E-state index contributed by atoms with van der Waals surface area (Å²) in [7, 11) is 0. The van der Waals surface area contributed by atoms with E-state index in [1.165, 1.54) is 0 Å². The largest absolute Gasteiger partial charge is 0.412 e. The van der Waals surface area contributed by atoms with Gasteiger partial charge in [-0.2, -0.15) is 0 Å². The third kappa shape index (κ3) is 2.02. The number of alkyl halides is 1. The number of pyridine rings is 1. The molecule has 0 fully saturated rings. The molecule has 6 heteroatoms. The minimum absolute atomic E-state index is 0.0920. The van der Waals surface area contributed by atoms with Crippen molar-refractivity contribution in [1.29, 1.82) is 0 Å². The summed E-state index contributed by atoms with van der Waals surface area (Å²) >= 11 is 5.35. The van der Waals surface area contributed by atoms with Crippen LogP contribution in [0, 0.1) is 0 Å². The highest BCUT2D eigenvalue weighted by Gasteiger charge is 2.14. The van der Waals surface area contributed by atoms with Crippen molar-refractivity contribution in [2.45, 2.75) is 0 Å². The maximum absolute atomic E-state index is 11.1. The second-order valence-corrected chi connectivity index (χ2v) is 2.95. The zero-order valence-electron chi connectivity index (χ0n) is 7.55. The first-order valence-electron chi connectivity index (χ1n) is 4.15. The van der Waals surface area contributed by atoms with Gasteiger partial charge in [-0.25, -0.2) is 0 Å². The minimum atomic E-state index is -0.397. The fourth-order valence-corrected chi connectivity index (χ4v) is 1.10. The average molecular weight is 224 g/mol. The van der Waals surface area contributed by atoms with Crippen molar-refractivity contribution in [1.82, 2.24) is 15.2 Å². The lowest BCUT2D eigenvalue weighted by molar-refractivity contribution is 0.0985. The van der Waals surface area contributed by atoms with Gasteiger partial charge in [0.15, 0.2) is 0 Å². The number of hydrogen-bond donors (Lipinski definition) is 0. The molecular formula is C9H6ClN3O2. The summed E-state index contributed by atoms with van der Waals surface area (Å²) in [5, 5.41) is 7.27. The molecule has 15 heavy (non-hydrogen) atoms. The van der Waals surface area contributed by atoms with Gasteiger partial charge < -0.3 is 4.42 Å². The van der Waals surface area contributed by atoms with Crippen LogP contribution >= 0.6 is 11.6 Å². The number of ketones is 1. The molecule has 2 aromatic rings. The van der Waals surface area contributed by atoms with E-state index in [0.29, 0.717) is 5.69 Å². The van der Waals surface area contributed by atoms with Gasteiger partial charge in [-0.15, -0.1) is 21.8 Å². The summed E-state index contributed by atoms with van der Waals surface area (Å²) in [6, 6.07) is 5.27. The standard InChI is InChI=1S/C9H6ClN3O2/c10-5-7(14)9-13-12-8(15-9)6-3-1-2-4-11-6/h1-4H,5H2. The van der Waals surface area contributed by atoms with E-state index in [1.807, 2.05) is 0 Å². The average Bonchev–Trinajstić information content (AvgIpc) is 2.78. The summed E-state index contributed by atoms with van der Waals surface area (Å²) in [4.78, 5) is 15.1. The van der Waals surface area contributed by atoms with Crippen molar-refractivity contribution >= 4 is 17.4 Å². The smallest absolute Gasteiger partial charge is 0.285 e. The third-order valence-corrected chi connectivity index (χ3v) is 1.91. The van der Waals surface area contributed by atoms with Gasteiger partial charge >= 0.3 is 0 Å². The van der Waals surface area contributed by atoms with Crippen molar-refractivity contribution in [2.24, 2.45) is 0 Å². The molecule has 0 N–H and O–H groups in total. The zero-order valence-corrected chi connectivity index (χ0v) is 8.31. The molecule has 0 atom stereocenters. The number of hydrogen-bond acceptors (Lipinski definition) is 5. The van der Waals surface area contributed by atoms with Crippen LogP contribution in [0.3, 0.4) is 0 Å². The van der Waals surface area contributed by atoms with Crippen molar-refractivity contribution < 1.29 is 9.21 Å². The number of carbonyl (C=O) groups is 1. The highest BCUT2D eigenvalue weighted by molar-refractivity contribution is 6.29. The predicted octanol–water partition coefficient (Wildman–Crippen LogP) is 1.55. The summed E-state index contributed by atoms with van der Waals surface area (Å²) < 4.78 is 5.10. The lowest BCUT2D eigenvalue weighted by atomic mass is 10.3. The van der Waals surface area contributed by atoms with Gasteiger partial charge in [0.1, 0.15) is 5.69 Å². The SMILES string of the molecule is O=C(CCl)c1nnc(-c2ccccn2)o1. The minimum Gasteiger partial charge on any atom is -0.412 e. The molecule has 0 saturated carbocycles. The van der Waals surface area contributed by atoms with E-state index in [4.69, 9.17) is 16.0 Å². The van der Waals surface area contributed by atoms with Gasteiger partial charge in [-0.1, -0.05) is 6.07 Å². The van der Waals surface area contributed by atoms with Crippen LogP contribution < -0.4 is 0 Å². The van der Waals surface area contributed by atoms with E-state index in [1.54, 1.807) is 24.4 Å². The Balaban J connectivity index is 2.32. The first-order chi connectivity index (χ1) is 7.31. The molecule has 0 aliphatic rings. The Bertz CT molecular complexity index is 469. The van der Waals surface area contributed by atoms with Crippen LogP contribution in [0.15, 0.2) is 28.8 Å². The van der Waals surface area contributed by atoms with Gasteiger partial charge in [0.2, 0.25) is 5.78 Å². The Hall–Kier alpha value is -1.75. The monoisotopic (exact) mass is 223 g/mol. The van der Waals surface area contributed by atoms with Gasteiger partial charge in [-0.05, 0) is 12.1 Å². The van der Waals surface area contributed by atoms with Gasteiger partial charge in [0.05, 0.1) is 5.88 Å². The fraction of sp³-hybridized carbons (Fsp3) is 0.111. The van der Waals surface area contributed by atoms with E-state index in [9.17, 15) is 4.79 Å². The Kier molecular flexibility index (Phi) is 2.73. The predicted molar refractivity (Wildman–Crippen MR) is 52.6 cm³/mol. The van der Waals surface area contributed by atoms with Gasteiger partial charge in [-0.3, -0.25) is 9.78 Å². The van der Waals surface area contributed by atoms with Crippen LogP contribution in [0.1, 0.15) is 10.7 Å². The van der Waals surface area contributed by atoms with E-state index < -0.39 is 5.78 Å². The Labute approximate surface area is 90.1 Å². The molecular weight excluding hydrogens is 218 g/mol. The highest BCUT2D eigenvalue weighted by atomic mass is 35.5. The maximum atomic E-state index is 11.1. The highest BCUT2D eigenvalue weighted by Crippen LogP contribution is 2.14. The summed E-state index contributed by atoms with van der Waals surface area (Å²) in [6.07, 6.45) is 1.60. The maximum Gasteiger partial charge on any atom is 0.285 e. The zero-order chi connectivity index (χ0) is 10.7. The summed E-state index contributed by atoms with van der Waals surface area (Å²) in [6.45, 7) is 0. The topological polar surface area (TPSA) is 68.9 Å². The van der Waals surface area contributed by atoms with Crippen molar-refractivity contribution in [2.75, 3.05) is 5.88 Å². The molecule has 0 aliphatic carbocycles. The van der Waals surface area contributed by atoms with Gasteiger partial charge in [0.25, 0.3) is 11.8 Å². The molecule has 0 radical (unpaired) electrons. The molecule has 0 aromatic carbocycles. The second-order valence-electron chi connectivity index (χ2n) is 2.68. The van der Waals surface area contributed by atoms with Crippen LogP contribution in [0.2, 0.25) is 0 Å². The number of nitrogens with zero attached hydrogens (tertiary/aromatic N) is 3. The Morgan fingerprint density at radius 1 is 1.40 bits per heavy atom. The normalized spacial score (nSPS) is 10.2. The number of Topliss-reactive ketones (excluding diaryl/α,β-unsaturated/α-hetero) is 1. The molecule has 0 unspecified atom stereocenters. The van der Waals surface area contributed by atoms with Crippen molar-refractivity contribution in [3.63, 3.8) is 0 Å². The molecule has 2 heterocycles. The summed E-state index contributed by atoms with van der Waals surface area (Å²) in [5.41, 5.74) is 0.527. The van der Waals surface area contributed by atoms with E-state index in [0.717, 1.165) is 0 Å². The molecule has 0 spiro atoms. The molecule has 2 aromatic heterocycles. The Morgan fingerprint density at radius 3 is 2.93 bits per heavy atom. The molecule has 0 saturated heterocycles. The molecule has 2 rings (SSSR count). The molecule has 0 aliphatic heterocycles. The first-order valence-corrected chi connectivity index (χ1v) is 4.69. The number of rotatable bonds is 3. The van der Waals surface area contributed by atoms with E-state index in [2.05, 4.69) is 15.2 Å². The number of halogens is 1. The number of aromatic nitrogens is 3. The molecule has 0 bridgehead atoms. The van der Waals surface area contributed by atoms with Crippen LogP contribution in [0.4, 0.5) is 0 Å². The van der Waals surface area contributed by atoms with Crippen molar-refractivity contribution in [3.8, 4) is 11.6 Å². The molecule has 76 valence electrons. The fourth-order valence-electron chi connectivity index (χ4n) is 0.986. The van der Waals surface area contributed by atoms with Crippen LogP contribution in [0.25, 0.3) is 11.6 Å². The quantitative estimate of drug-likeness (QED) is 0.583. The lowest BCUT2D eigenvalue weighted by Gasteiger charge is -1.90. The summed E-state index contributed by atoms with van der Waals surface area (Å²) in [5.74, 6) is -0.454. The molecule has 0 amide bonds. The Morgan fingerprint density at radius 2 is 2.27 bits per heavy atom. The number of carbonyl (C=O) groups excluding carboxylic acids is 1. The van der Waals surface area contributed by atoms with Crippen LogP contribution in [-0.2, 0) is 0 Å². The molecule has 5 nitrogen and oxygen atoms in total. The third-order valence-electron chi connectivity index (χ3n) is 1.67. The second kappa shape index (κ2) is 4.18.